The molecule has 0 aliphatic heterocycles. The number of carbonyl (C=O) groups is 1. The summed E-state index contributed by atoms with van der Waals surface area (Å²) in [5.41, 5.74) is 2.84. The molecule has 0 fully saturated rings. The molecule has 2 N–H and O–H groups in total. The summed E-state index contributed by atoms with van der Waals surface area (Å²) >= 11 is 0. The van der Waals surface area contributed by atoms with E-state index >= 15 is 0 Å². The van der Waals surface area contributed by atoms with Gasteiger partial charge < -0.3 is 14.9 Å². The first-order valence-corrected chi connectivity index (χ1v) is 8.49. The topological polar surface area (TPSA) is 66.8 Å². The third-order valence-corrected chi connectivity index (χ3v) is 4.13. The van der Waals surface area contributed by atoms with Gasteiger partial charge in [-0.1, -0.05) is 45.0 Å². The zero-order chi connectivity index (χ0) is 18.4. The smallest absolute Gasteiger partial charge is 0.335 e. The van der Waals surface area contributed by atoms with Crippen molar-refractivity contribution in [2.45, 2.75) is 45.1 Å². The van der Waals surface area contributed by atoms with Gasteiger partial charge in [-0.05, 0) is 53.6 Å². The van der Waals surface area contributed by atoms with Gasteiger partial charge in [0, 0.05) is 0 Å². The fourth-order valence-corrected chi connectivity index (χ4v) is 2.47. The number of aryl methyl sites for hydroxylation is 1. The van der Waals surface area contributed by atoms with Crippen molar-refractivity contribution in [2.75, 3.05) is 6.61 Å². The van der Waals surface area contributed by atoms with Crippen LogP contribution < -0.4 is 4.74 Å². The lowest BCUT2D eigenvalue weighted by Gasteiger charge is -2.19. The van der Waals surface area contributed by atoms with E-state index in [9.17, 15) is 9.90 Å². The van der Waals surface area contributed by atoms with E-state index in [0.717, 1.165) is 6.42 Å². The molecule has 1 atom stereocenters. The van der Waals surface area contributed by atoms with E-state index in [1.807, 2.05) is 0 Å². The van der Waals surface area contributed by atoms with E-state index in [0.29, 0.717) is 12.2 Å². The molecule has 0 aliphatic rings. The molecule has 0 radical (unpaired) electrons. The molecule has 0 aliphatic carbocycles. The first-order chi connectivity index (χ1) is 11.8. The predicted molar refractivity (Wildman–Crippen MR) is 98.4 cm³/mol. The van der Waals surface area contributed by atoms with Gasteiger partial charge in [-0.25, -0.2) is 4.79 Å². The highest BCUT2D eigenvalue weighted by molar-refractivity contribution is 5.87. The molecule has 2 aromatic rings. The summed E-state index contributed by atoms with van der Waals surface area (Å²) < 4.78 is 5.51. The zero-order valence-corrected chi connectivity index (χ0v) is 15.0. The number of carboxylic acids is 1. The highest BCUT2D eigenvalue weighted by Crippen LogP contribution is 2.22. The molecule has 0 saturated carbocycles. The van der Waals surface area contributed by atoms with Gasteiger partial charge in [0.2, 0.25) is 0 Å². The fraction of sp³-hybridized carbons (Fsp3) is 0.381. The molecule has 0 unspecified atom stereocenters. The van der Waals surface area contributed by atoms with Gasteiger partial charge >= 0.3 is 5.97 Å². The first-order valence-electron chi connectivity index (χ1n) is 8.49. The Hall–Kier alpha value is -2.33. The summed E-state index contributed by atoms with van der Waals surface area (Å²) in [6, 6.07) is 14.7. The lowest BCUT2D eigenvalue weighted by atomic mass is 9.86. The van der Waals surface area contributed by atoms with Crippen LogP contribution in [0.5, 0.6) is 5.75 Å². The van der Waals surface area contributed by atoms with Crippen LogP contribution in [0.1, 0.15) is 48.7 Å². The number of hydrogen-bond donors (Lipinski definition) is 2. The zero-order valence-electron chi connectivity index (χ0n) is 15.0. The minimum Gasteiger partial charge on any atom is -0.491 e. The van der Waals surface area contributed by atoms with Crippen LogP contribution in [0.15, 0.2) is 48.5 Å². The fourth-order valence-electron chi connectivity index (χ4n) is 2.47. The second kappa shape index (κ2) is 8.17. The van der Waals surface area contributed by atoms with Crippen molar-refractivity contribution in [3.63, 3.8) is 0 Å². The van der Waals surface area contributed by atoms with E-state index in [4.69, 9.17) is 9.84 Å². The van der Waals surface area contributed by atoms with E-state index in [1.54, 1.807) is 12.1 Å². The summed E-state index contributed by atoms with van der Waals surface area (Å²) in [5, 5.41) is 18.9. The first kappa shape index (κ1) is 19.0. The van der Waals surface area contributed by atoms with E-state index in [2.05, 4.69) is 45.0 Å². The lowest BCUT2D eigenvalue weighted by molar-refractivity contribution is 0.0696. The molecule has 0 spiro atoms. The minimum atomic E-state index is -0.968. The molecule has 4 nitrogen and oxygen atoms in total. The number of carboxylic acid groups (broad SMARTS) is 1. The summed E-state index contributed by atoms with van der Waals surface area (Å²) in [6.45, 7) is 6.75. The number of benzene rings is 2. The second-order valence-electron chi connectivity index (χ2n) is 7.28. The molecule has 0 aromatic heterocycles. The molecule has 0 amide bonds. The minimum absolute atomic E-state index is 0.141. The van der Waals surface area contributed by atoms with Crippen molar-refractivity contribution in [3.8, 4) is 5.75 Å². The van der Waals surface area contributed by atoms with E-state index in [-0.39, 0.29) is 17.6 Å². The van der Waals surface area contributed by atoms with Crippen LogP contribution >= 0.6 is 0 Å². The molecule has 0 bridgehead atoms. The monoisotopic (exact) mass is 342 g/mol. The Morgan fingerprint density at radius 2 is 1.64 bits per heavy atom. The van der Waals surface area contributed by atoms with E-state index < -0.39 is 12.1 Å². The van der Waals surface area contributed by atoms with Gasteiger partial charge in [0.05, 0.1) is 11.7 Å². The summed E-state index contributed by atoms with van der Waals surface area (Å²) in [7, 11) is 0. The van der Waals surface area contributed by atoms with Gasteiger partial charge in [-0.2, -0.15) is 0 Å². The molecule has 25 heavy (non-hydrogen) atoms. The molecular formula is C21H26O4. The van der Waals surface area contributed by atoms with Crippen LogP contribution in [0, 0.1) is 0 Å². The molecular weight excluding hydrogens is 316 g/mol. The van der Waals surface area contributed by atoms with Gasteiger partial charge in [-0.3, -0.25) is 0 Å². The van der Waals surface area contributed by atoms with Crippen molar-refractivity contribution in [2.24, 2.45) is 0 Å². The third-order valence-electron chi connectivity index (χ3n) is 4.13. The Bertz CT molecular complexity index is 681. The van der Waals surface area contributed by atoms with Crippen molar-refractivity contribution in [1.29, 1.82) is 0 Å². The number of aliphatic hydroxyl groups excluding tert-OH is 1. The normalized spacial score (nSPS) is 12.6. The van der Waals surface area contributed by atoms with Crippen molar-refractivity contribution < 1.29 is 19.7 Å². The van der Waals surface area contributed by atoms with Crippen LogP contribution in [0.4, 0.5) is 0 Å². The maximum atomic E-state index is 10.8. The predicted octanol–water partition coefficient (Wildman–Crippen LogP) is 4.05. The number of aliphatic hydroxyl groups is 1. The maximum absolute atomic E-state index is 10.8. The quantitative estimate of drug-likeness (QED) is 0.796. The molecule has 134 valence electrons. The Balaban J connectivity index is 1.78. The van der Waals surface area contributed by atoms with Crippen LogP contribution in [0.2, 0.25) is 0 Å². The van der Waals surface area contributed by atoms with Gasteiger partial charge in [0.25, 0.3) is 0 Å². The number of rotatable bonds is 7. The van der Waals surface area contributed by atoms with Crippen molar-refractivity contribution >= 4 is 5.97 Å². The van der Waals surface area contributed by atoms with Crippen molar-refractivity contribution in [3.05, 3.63) is 65.2 Å². The van der Waals surface area contributed by atoms with Gasteiger partial charge in [0.15, 0.2) is 0 Å². The Morgan fingerprint density at radius 1 is 1.04 bits per heavy atom. The third kappa shape index (κ3) is 5.91. The highest BCUT2D eigenvalue weighted by atomic mass is 16.5. The average molecular weight is 342 g/mol. The second-order valence-corrected chi connectivity index (χ2v) is 7.28. The van der Waals surface area contributed by atoms with E-state index in [1.165, 1.54) is 23.3 Å². The Labute approximate surface area is 149 Å². The van der Waals surface area contributed by atoms with Gasteiger partial charge in [-0.15, -0.1) is 0 Å². The Morgan fingerprint density at radius 3 is 2.16 bits per heavy atom. The van der Waals surface area contributed by atoms with Crippen LogP contribution in [0.3, 0.4) is 0 Å². The summed E-state index contributed by atoms with van der Waals surface area (Å²) in [4.78, 5) is 10.8. The molecule has 2 rings (SSSR count). The average Bonchev–Trinajstić information content (AvgIpc) is 2.58. The largest absolute Gasteiger partial charge is 0.491 e. The Kier molecular flexibility index (Phi) is 6.21. The molecule has 0 saturated heterocycles. The van der Waals surface area contributed by atoms with Crippen LogP contribution in [-0.2, 0) is 11.8 Å². The standard InChI is InChI=1S/C21H26O4/c1-21(2,3)17-9-4-15(5-10-17)6-11-18(22)14-25-19-12-7-16(8-13-19)20(23)24/h4-5,7-10,12-13,18,22H,6,11,14H2,1-3H3,(H,23,24)/t18-/m1/s1. The summed E-state index contributed by atoms with van der Waals surface area (Å²) in [5.74, 6) is -0.414. The number of hydrogen-bond acceptors (Lipinski definition) is 3. The molecule has 4 heteroatoms. The summed E-state index contributed by atoms with van der Waals surface area (Å²) in [6.07, 6.45) is 0.830. The van der Waals surface area contributed by atoms with Crippen molar-refractivity contribution in [1.82, 2.24) is 0 Å². The van der Waals surface area contributed by atoms with Crippen LogP contribution in [0.25, 0.3) is 0 Å². The van der Waals surface area contributed by atoms with Crippen LogP contribution in [-0.4, -0.2) is 28.9 Å². The number of ether oxygens (including phenoxy) is 1. The maximum Gasteiger partial charge on any atom is 0.335 e. The highest BCUT2D eigenvalue weighted by Gasteiger charge is 2.13. The van der Waals surface area contributed by atoms with Gasteiger partial charge in [0.1, 0.15) is 12.4 Å². The molecule has 0 heterocycles. The SMILES string of the molecule is CC(C)(C)c1ccc(CC[C@@H](O)COc2ccc(C(=O)O)cc2)cc1. The lowest BCUT2D eigenvalue weighted by Crippen LogP contribution is -2.18. The number of aromatic carboxylic acids is 1. The molecule has 2 aromatic carbocycles.